The van der Waals surface area contributed by atoms with Crippen molar-refractivity contribution < 1.29 is 13.9 Å². The first-order chi connectivity index (χ1) is 8.02. The smallest absolute Gasteiger partial charge is 0.201 e. The number of aromatic hydroxyl groups is 1. The van der Waals surface area contributed by atoms with E-state index in [0.717, 1.165) is 4.88 Å². The molecule has 17 heavy (non-hydrogen) atoms. The highest BCUT2D eigenvalue weighted by Crippen LogP contribution is 2.36. The SMILES string of the molecule is N[C@@H](c1cccs1)c1cc(Br)c(F)c(F)c1O. The minimum absolute atomic E-state index is 0.0604. The first-order valence-corrected chi connectivity index (χ1v) is 6.35. The summed E-state index contributed by atoms with van der Waals surface area (Å²) in [4.78, 5) is 0.762. The van der Waals surface area contributed by atoms with Gasteiger partial charge in [0.15, 0.2) is 11.6 Å². The molecule has 0 amide bonds. The van der Waals surface area contributed by atoms with Gasteiger partial charge in [-0.1, -0.05) is 6.07 Å². The van der Waals surface area contributed by atoms with Crippen LogP contribution in [0.5, 0.6) is 5.75 Å². The molecule has 3 N–H and O–H groups in total. The van der Waals surface area contributed by atoms with Gasteiger partial charge >= 0.3 is 0 Å². The number of hydrogen-bond acceptors (Lipinski definition) is 3. The van der Waals surface area contributed by atoms with E-state index in [1.165, 1.54) is 17.4 Å². The Morgan fingerprint density at radius 1 is 1.35 bits per heavy atom. The first kappa shape index (κ1) is 12.5. The molecule has 1 atom stereocenters. The number of rotatable bonds is 2. The predicted molar refractivity (Wildman–Crippen MR) is 66.1 cm³/mol. The molecule has 0 unspecified atom stereocenters. The van der Waals surface area contributed by atoms with Crippen LogP contribution in [0.4, 0.5) is 8.78 Å². The van der Waals surface area contributed by atoms with Crippen LogP contribution in [0.3, 0.4) is 0 Å². The number of benzene rings is 1. The summed E-state index contributed by atoms with van der Waals surface area (Å²) in [6, 6.07) is 4.18. The van der Waals surface area contributed by atoms with Crippen LogP contribution >= 0.6 is 27.3 Å². The second-order valence-corrected chi connectivity index (χ2v) is 5.25. The summed E-state index contributed by atoms with van der Waals surface area (Å²) in [5.74, 6) is -3.15. The summed E-state index contributed by atoms with van der Waals surface area (Å²) in [5.41, 5.74) is 6.04. The summed E-state index contributed by atoms with van der Waals surface area (Å²) in [7, 11) is 0. The summed E-state index contributed by atoms with van der Waals surface area (Å²) < 4.78 is 26.4. The Hall–Kier alpha value is -0.980. The summed E-state index contributed by atoms with van der Waals surface area (Å²) in [5, 5.41) is 11.4. The summed E-state index contributed by atoms with van der Waals surface area (Å²) in [6.45, 7) is 0. The van der Waals surface area contributed by atoms with Crippen LogP contribution in [-0.4, -0.2) is 5.11 Å². The lowest BCUT2D eigenvalue weighted by molar-refractivity contribution is 0.398. The molecule has 0 aliphatic rings. The highest BCUT2D eigenvalue weighted by Gasteiger charge is 2.21. The molecule has 0 saturated carbocycles. The maximum Gasteiger partial charge on any atom is 0.201 e. The van der Waals surface area contributed by atoms with Crippen molar-refractivity contribution in [1.29, 1.82) is 0 Å². The monoisotopic (exact) mass is 319 g/mol. The fraction of sp³-hybridized carbons (Fsp3) is 0.0909. The van der Waals surface area contributed by atoms with Gasteiger partial charge in [0, 0.05) is 10.4 Å². The third-order valence-electron chi connectivity index (χ3n) is 2.35. The van der Waals surface area contributed by atoms with Crippen molar-refractivity contribution in [3.8, 4) is 5.75 Å². The van der Waals surface area contributed by atoms with Crippen molar-refractivity contribution in [3.05, 3.63) is 50.1 Å². The molecule has 0 aliphatic heterocycles. The highest BCUT2D eigenvalue weighted by molar-refractivity contribution is 9.10. The van der Waals surface area contributed by atoms with Gasteiger partial charge < -0.3 is 10.8 Å². The van der Waals surface area contributed by atoms with E-state index >= 15 is 0 Å². The number of hydrogen-bond donors (Lipinski definition) is 2. The number of phenols is 1. The third kappa shape index (κ3) is 2.20. The Labute approximate surface area is 109 Å². The lowest BCUT2D eigenvalue weighted by Crippen LogP contribution is -2.11. The molecule has 1 aromatic carbocycles. The van der Waals surface area contributed by atoms with Gasteiger partial charge in [-0.25, -0.2) is 4.39 Å². The molecule has 2 nitrogen and oxygen atoms in total. The second-order valence-electron chi connectivity index (χ2n) is 3.42. The van der Waals surface area contributed by atoms with Gasteiger partial charge in [-0.15, -0.1) is 11.3 Å². The van der Waals surface area contributed by atoms with Gasteiger partial charge in [0.25, 0.3) is 0 Å². The average Bonchev–Trinajstić information content (AvgIpc) is 2.84. The Balaban J connectivity index is 2.53. The maximum absolute atomic E-state index is 13.3. The number of nitrogens with two attached hydrogens (primary N) is 1. The molecule has 0 bridgehead atoms. The van der Waals surface area contributed by atoms with Crippen molar-refractivity contribution >= 4 is 27.3 Å². The topological polar surface area (TPSA) is 46.2 Å². The van der Waals surface area contributed by atoms with Crippen LogP contribution in [0.1, 0.15) is 16.5 Å². The van der Waals surface area contributed by atoms with Crippen LogP contribution in [0.25, 0.3) is 0 Å². The summed E-state index contributed by atoms with van der Waals surface area (Å²) in [6.07, 6.45) is 0. The van der Waals surface area contributed by atoms with E-state index in [1.807, 2.05) is 5.38 Å². The highest BCUT2D eigenvalue weighted by atomic mass is 79.9. The van der Waals surface area contributed by atoms with E-state index in [-0.39, 0.29) is 10.0 Å². The summed E-state index contributed by atoms with van der Waals surface area (Å²) >= 11 is 4.27. The van der Waals surface area contributed by atoms with Crippen LogP contribution < -0.4 is 5.73 Å². The zero-order valence-corrected chi connectivity index (χ0v) is 10.9. The lowest BCUT2D eigenvalue weighted by Gasteiger charge is -2.13. The molecule has 0 saturated heterocycles. The predicted octanol–water partition coefficient (Wildman–Crippen LogP) is 3.54. The fourth-order valence-corrected chi connectivity index (χ4v) is 2.63. The number of phenolic OH excluding ortho intramolecular Hbond substituents is 1. The molecular formula is C11H8BrF2NOS. The van der Waals surface area contributed by atoms with Crippen LogP contribution in [0.2, 0.25) is 0 Å². The first-order valence-electron chi connectivity index (χ1n) is 4.67. The minimum Gasteiger partial charge on any atom is -0.505 e. The zero-order chi connectivity index (χ0) is 12.6. The Kier molecular flexibility index (Phi) is 3.46. The zero-order valence-electron chi connectivity index (χ0n) is 8.45. The van der Waals surface area contributed by atoms with Gasteiger partial charge in [0.2, 0.25) is 5.82 Å². The average molecular weight is 320 g/mol. The van der Waals surface area contributed by atoms with Gasteiger partial charge in [-0.05, 0) is 33.4 Å². The van der Waals surface area contributed by atoms with E-state index in [9.17, 15) is 13.9 Å². The molecule has 0 spiro atoms. The lowest BCUT2D eigenvalue weighted by atomic mass is 10.0. The normalized spacial score (nSPS) is 12.7. The number of thiophene rings is 1. The molecule has 90 valence electrons. The van der Waals surface area contributed by atoms with E-state index in [1.54, 1.807) is 12.1 Å². The molecule has 0 radical (unpaired) electrons. The Morgan fingerprint density at radius 2 is 2.06 bits per heavy atom. The molecule has 2 aromatic rings. The van der Waals surface area contributed by atoms with Gasteiger partial charge in [0.05, 0.1) is 10.5 Å². The quantitative estimate of drug-likeness (QED) is 0.832. The van der Waals surface area contributed by atoms with Crippen LogP contribution in [0, 0.1) is 11.6 Å². The van der Waals surface area contributed by atoms with Crippen molar-refractivity contribution in [2.24, 2.45) is 5.73 Å². The molecule has 1 heterocycles. The third-order valence-corrected chi connectivity index (χ3v) is 3.88. The van der Waals surface area contributed by atoms with E-state index in [2.05, 4.69) is 15.9 Å². The van der Waals surface area contributed by atoms with Gasteiger partial charge in [-0.2, -0.15) is 4.39 Å². The van der Waals surface area contributed by atoms with Gasteiger partial charge in [-0.3, -0.25) is 0 Å². The van der Waals surface area contributed by atoms with Crippen LogP contribution in [0.15, 0.2) is 28.1 Å². The van der Waals surface area contributed by atoms with Crippen molar-refractivity contribution in [1.82, 2.24) is 0 Å². The largest absolute Gasteiger partial charge is 0.505 e. The van der Waals surface area contributed by atoms with Crippen LogP contribution in [-0.2, 0) is 0 Å². The standard InChI is InChI=1S/C11H8BrF2NOS/c12-6-4-5(11(16)9(14)8(6)13)10(15)7-2-1-3-17-7/h1-4,10,16H,15H2/t10-/m1/s1. The van der Waals surface area contributed by atoms with E-state index in [0.29, 0.717) is 0 Å². The van der Waals surface area contributed by atoms with Crippen molar-refractivity contribution in [2.45, 2.75) is 6.04 Å². The second kappa shape index (κ2) is 4.72. The maximum atomic E-state index is 13.3. The van der Waals surface area contributed by atoms with E-state index in [4.69, 9.17) is 5.73 Å². The fourth-order valence-electron chi connectivity index (χ4n) is 1.46. The molecule has 0 aliphatic carbocycles. The molecule has 6 heteroatoms. The minimum atomic E-state index is -1.29. The Morgan fingerprint density at radius 3 is 2.65 bits per heavy atom. The van der Waals surface area contributed by atoms with Crippen molar-refractivity contribution in [3.63, 3.8) is 0 Å². The molecule has 0 fully saturated rings. The van der Waals surface area contributed by atoms with Crippen molar-refractivity contribution in [2.75, 3.05) is 0 Å². The molecule has 1 aromatic heterocycles. The molecular weight excluding hydrogens is 312 g/mol. The van der Waals surface area contributed by atoms with Gasteiger partial charge in [0.1, 0.15) is 0 Å². The van der Waals surface area contributed by atoms with E-state index < -0.39 is 23.4 Å². The number of halogens is 3. The Bertz CT molecular complexity index is 545. The molecule has 2 rings (SSSR count).